The van der Waals surface area contributed by atoms with E-state index in [2.05, 4.69) is 4.74 Å². The zero-order chi connectivity index (χ0) is 8.91. The quantitative estimate of drug-likeness (QED) is 0.543. The first-order valence-corrected chi connectivity index (χ1v) is 3.10. The Labute approximate surface area is 65.0 Å². The van der Waals surface area contributed by atoms with Gasteiger partial charge in [-0.25, -0.2) is 4.79 Å². The van der Waals surface area contributed by atoms with Crippen LogP contribution in [0.2, 0.25) is 0 Å². The molecule has 4 heteroatoms. The lowest BCUT2D eigenvalue weighted by Gasteiger charge is -2.09. The number of rotatable bonds is 2. The Morgan fingerprint density at radius 2 is 2.00 bits per heavy atom. The Balaban J connectivity index is 4.45. The minimum atomic E-state index is -1.66. The lowest BCUT2D eigenvalue weighted by Crippen LogP contribution is -2.26. The van der Waals surface area contributed by atoms with E-state index < -0.39 is 11.4 Å². The molecule has 0 aromatic carbocycles. The summed E-state index contributed by atoms with van der Waals surface area (Å²) in [5.41, 5.74) is -1.66. The highest BCUT2D eigenvalue weighted by atomic mass is 16.5. The lowest BCUT2D eigenvalue weighted by atomic mass is 9.96. The van der Waals surface area contributed by atoms with Crippen LogP contribution in [0.25, 0.3) is 0 Å². The van der Waals surface area contributed by atoms with Gasteiger partial charge in [-0.1, -0.05) is 0 Å². The molecule has 0 rings (SSSR count). The maximum Gasteiger partial charge on any atom is 0.340 e. The Morgan fingerprint density at radius 3 is 2.27 bits per heavy atom. The van der Waals surface area contributed by atoms with Gasteiger partial charge < -0.3 is 4.74 Å². The van der Waals surface area contributed by atoms with Crippen molar-refractivity contribution in [1.82, 2.24) is 0 Å². The van der Waals surface area contributed by atoms with Crippen molar-refractivity contribution >= 4 is 5.97 Å². The summed E-state index contributed by atoms with van der Waals surface area (Å²) in [4.78, 5) is 10.9. The summed E-state index contributed by atoms with van der Waals surface area (Å²) < 4.78 is 4.50. The van der Waals surface area contributed by atoms with Crippen molar-refractivity contribution in [2.75, 3.05) is 6.61 Å². The molecule has 0 spiro atoms. The molecule has 0 unspecified atom stereocenters. The van der Waals surface area contributed by atoms with Gasteiger partial charge in [0.2, 0.25) is 5.41 Å². The second-order valence-corrected chi connectivity index (χ2v) is 2.07. The molecule has 0 fully saturated rings. The smallest absolute Gasteiger partial charge is 0.340 e. The minimum Gasteiger partial charge on any atom is -0.464 e. The molecule has 0 aliphatic carbocycles. The number of esters is 1. The van der Waals surface area contributed by atoms with Gasteiger partial charge in [0, 0.05) is 0 Å². The second kappa shape index (κ2) is 3.58. The molecule has 0 aromatic rings. The van der Waals surface area contributed by atoms with Crippen LogP contribution in [0, 0.1) is 28.1 Å². The molecule has 0 saturated heterocycles. The van der Waals surface area contributed by atoms with Crippen LogP contribution in [0.5, 0.6) is 0 Å². The molecule has 0 aliphatic heterocycles. The fraction of sp³-hybridized carbons (Fsp3) is 0.571. The fourth-order valence-corrected chi connectivity index (χ4v) is 0.392. The average molecular weight is 152 g/mol. The van der Waals surface area contributed by atoms with Crippen LogP contribution in [0.1, 0.15) is 13.8 Å². The Morgan fingerprint density at radius 1 is 1.55 bits per heavy atom. The van der Waals surface area contributed by atoms with Gasteiger partial charge in [0.15, 0.2) is 0 Å². The largest absolute Gasteiger partial charge is 0.464 e. The summed E-state index contributed by atoms with van der Waals surface area (Å²) in [5.74, 6) is -0.787. The van der Waals surface area contributed by atoms with Crippen LogP contribution in [0.3, 0.4) is 0 Å². The van der Waals surface area contributed by atoms with Crippen LogP contribution in [-0.2, 0) is 9.53 Å². The van der Waals surface area contributed by atoms with Crippen LogP contribution in [0.15, 0.2) is 0 Å². The normalized spacial score (nSPS) is 9.45. The van der Waals surface area contributed by atoms with Gasteiger partial charge in [0.05, 0.1) is 18.7 Å². The highest BCUT2D eigenvalue weighted by Crippen LogP contribution is 2.14. The molecule has 4 nitrogen and oxygen atoms in total. The number of carbonyl (C=O) groups excluding carboxylic acids is 1. The van der Waals surface area contributed by atoms with Crippen molar-refractivity contribution in [3.8, 4) is 12.1 Å². The van der Waals surface area contributed by atoms with Gasteiger partial charge in [0.1, 0.15) is 0 Å². The lowest BCUT2D eigenvalue weighted by molar-refractivity contribution is -0.148. The monoisotopic (exact) mass is 152 g/mol. The predicted octanol–water partition coefficient (Wildman–Crippen LogP) is 0.603. The van der Waals surface area contributed by atoms with Crippen molar-refractivity contribution in [2.45, 2.75) is 13.8 Å². The molecule has 0 bridgehead atoms. The number of carbonyl (C=O) groups is 1. The molecule has 0 atom stereocenters. The summed E-state index contributed by atoms with van der Waals surface area (Å²) in [7, 11) is 0. The third-order valence-corrected chi connectivity index (χ3v) is 1.13. The van der Waals surface area contributed by atoms with E-state index in [9.17, 15) is 4.79 Å². The van der Waals surface area contributed by atoms with Gasteiger partial charge in [-0.05, 0) is 13.8 Å². The SMILES string of the molecule is CCOC(=O)C(C)(C#N)C#N. The van der Waals surface area contributed by atoms with Crippen molar-refractivity contribution in [2.24, 2.45) is 5.41 Å². The number of nitrogens with zero attached hydrogens (tertiary/aromatic N) is 2. The van der Waals surface area contributed by atoms with Crippen LogP contribution in [-0.4, -0.2) is 12.6 Å². The topological polar surface area (TPSA) is 73.9 Å². The molecule has 0 heterocycles. The minimum absolute atomic E-state index is 0.178. The first-order valence-electron chi connectivity index (χ1n) is 3.10. The van der Waals surface area contributed by atoms with E-state index in [1.165, 1.54) is 6.92 Å². The summed E-state index contributed by atoms with van der Waals surface area (Å²) in [5, 5.41) is 16.8. The molecule has 58 valence electrons. The van der Waals surface area contributed by atoms with E-state index in [4.69, 9.17) is 10.5 Å². The Kier molecular flexibility index (Phi) is 3.07. The second-order valence-electron chi connectivity index (χ2n) is 2.07. The van der Waals surface area contributed by atoms with E-state index in [1.807, 2.05) is 0 Å². The molecular weight excluding hydrogens is 144 g/mol. The summed E-state index contributed by atoms with van der Waals surface area (Å²) >= 11 is 0. The Hall–Kier alpha value is -1.55. The summed E-state index contributed by atoms with van der Waals surface area (Å²) in [6.45, 7) is 3.02. The van der Waals surface area contributed by atoms with Crippen molar-refractivity contribution in [3.05, 3.63) is 0 Å². The predicted molar refractivity (Wildman–Crippen MR) is 36.0 cm³/mol. The number of hydrogen-bond acceptors (Lipinski definition) is 4. The van der Waals surface area contributed by atoms with Crippen LogP contribution in [0.4, 0.5) is 0 Å². The molecule has 0 aromatic heterocycles. The molecule has 0 N–H and O–H groups in total. The number of hydrogen-bond donors (Lipinski definition) is 0. The van der Waals surface area contributed by atoms with Crippen molar-refractivity contribution in [3.63, 3.8) is 0 Å². The maximum atomic E-state index is 10.9. The molecule has 0 radical (unpaired) electrons. The first-order chi connectivity index (χ1) is 5.10. The summed E-state index contributed by atoms with van der Waals surface area (Å²) in [6.07, 6.45) is 0. The Bertz CT molecular complexity index is 220. The standard InChI is InChI=1S/C7H8N2O2/c1-3-11-6(10)7(2,4-8)5-9/h3H2,1-2H3. The number of nitriles is 2. The van der Waals surface area contributed by atoms with E-state index in [1.54, 1.807) is 19.1 Å². The van der Waals surface area contributed by atoms with E-state index in [0.29, 0.717) is 0 Å². The first kappa shape index (κ1) is 9.45. The molecule has 11 heavy (non-hydrogen) atoms. The highest BCUT2D eigenvalue weighted by Gasteiger charge is 2.34. The van der Waals surface area contributed by atoms with Gasteiger partial charge in [0.25, 0.3) is 0 Å². The van der Waals surface area contributed by atoms with Gasteiger partial charge in [-0.3, -0.25) is 0 Å². The molecule has 0 saturated carbocycles. The average Bonchev–Trinajstić information content (AvgIpc) is 2.03. The van der Waals surface area contributed by atoms with Gasteiger partial charge in [-0.15, -0.1) is 0 Å². The molecule has 0 aliphatic rings. The fourth-order valence-electron chi connectivity index (χ4n) is 0.392. The molecular formula is C7H8N2O2. The zero-order valence-electron chi connectivity index (χ0n) is 6.42. The number of ether oxygens (including phenoxy) is 1. The zero-order valence-corrected chi connectivity index (χ0v) is 6.42. The van der Waals surface area contributed by atoms with Crippen molar-refractivity contribution < 1.29 is 9.53 Å². The van der Waals surface area contributed by atoms with E-state index in [0.717, 1.165) is 0 Å². The summed E-state index contributed by atoms with van der Waals surface area (Å²) in [6, 6.07) is 3.15. The van der Waals surface area contributed by atoms with Gasteiger partial charge in [-0.2, -0.15) is 10.5 Å². The maximum absolute atomic E-state index is 10.9. The highest BCUT2D eigenvalue weighted by molar-refractivity contribution is 5.82. The third kappa shape index (κ3) is 1.94. The van der Waals surface area contributed by atoms with Crippen molar-refractivity contribution in [1.29, 1.82) is 10.5 Å². The van der Waals surface area contributed by atoms with Crippen LogP contribution >= 0.6 is 0 Å². The van der Waals surface area contributed by atoms with Crippen LogP contribution < -0.4 is 0 Å². The molecule has 0 amide bonds. The van der Waals surface area contributed by atoms with Gasteiger partial charge >= 0.3 is 5.97 Å². The third-order valence-electron chi connectivity index (χ3n) is 1.13. The van der Waals surface area contributed by atoms with E-state index in [-0.39, 0.29) is 6.61 Å². The van der Waals surface area contributed by atoms with E-state index >= 15 is 0 Å².